The molecule has 2 N–H and O–H groups in total. The molecule has 2 unspecified atom stereocenters. The topological polar surface area (TPSA) is 85.2 Å². The van der Waals surface area contributed by atoms with E-state index in [0.29, 0.717) is 35.5 Å². The van der Waals surface area contributed by atoms with Gasteiger partial charge in [0.25, 0.3) is 0 Å². The third-order valence-electron chi connectivity index (χ3n) is 6.48. The lowest BCUT2D eigenvalue weighted by Crippen LogP contribution is -2.39. The maximum atomic E-state index is 13.5. The van der Waals surface area contributed by atoms with Crippen LogP contribution in [0.5, 0.6) is 5.75 Å². The number of carbonyl (C=O) groups is 1. The van der Waals surface area contributed by atoms with Gasteiger partial charge in [0.2, 0.25) is 0 Å². The summed E-state index contributed by atoms with van der Waals surface area (Å²) >= 11 is 0. The summed E-state index contributed by atoms with van der Waals surface area (Å²) in [7, 11) is 1.70. The molecule has 1 heterocycles. The Labute approximate surface area is 203 Å². The van der Waals surface area contributed by atoms with Gasteiger partial charge >= 0.3 is 5.97 Å². The van der Waals surface area contributed by atoms with Crippen molar-refractivity contribution >= 4 is 16.7 Å². The highest BCUT2D eigenvalue weighted by Gasteiger charge is 2.33. The number of aliphatic hydroxyl groups excluding tert-OH is 1. The van der Waals surface area contributed by atoms with Gasteiger partial charge in [0.1, 0.15) is 18.2 Å². The molecule has 0 radical (unpaired) electrons. The highest BCUT2D eigenvalue weighted by Crippen LogP contribution is 2.37. The third-order valence-corrected chi connectivity index (χ3v) is 6.48. The van der Waals surface area contributed by atoms with E-state index in [-0.39, 0.29) is 22.8 Å². The van der Waals surface area contributed by atoms with Crippen molar-refractivity contribution in [2.24, 2.45) is 0 Å². The van der Waals surface area contributed by atoms with Crippen LogP contribution in [0.1, 0.15) is 35.7 Å². The number of hydrogen-bond acceptors (Lipinski definition) is 5. The molecular weight excluding hydrogens is 451 g/mol. The molecule has 6 nitrogen and oxygen atoms in total. The van der Waals surface area contributed by atoms with Crippen LogP contribution in [0.15, 0.2) is 60.7 Å². The van der Waals surface area contributed by atoms with Crippen LogP contribution in [0, 0.1) is 5.82 Å². The van der Waals surface area contributed by atoms with Crippen LogP contribution in [0.25, 0.3) is 21.9 Å². The standard InChI is InChI=1S/C28H29FO6/c1-18-16-28(33-2,11-13-34-18)10-3-12-35-22-8-9-23-20(14-22)15-24(27(31)32)25(17-30)26(23)19-4-6-21(29)7-5-19/h3-10,14-15,18,30H,11-13,16-17H2,1-2H3,(H,31,32)/b10-3+. The lowest BCUT2D eigenvalue weighted by atomic mass is 9.89. The molecular formula is C28H29FO6. The molecule has 0 amide bonds. The first-order valence-electron chi connectivity index (χ1n) is 11.5. The van der Waals surface area contributed by atoms with Crippen molar-refractivity contribution in [3.05, 3.63) is 77.6 Å². The van der Waals surface area contributed by atoms with Gasteiger partial charge in [-0.1, -0.05) is 24.3 Å². The van der Waals surface area contributed by atoms with Crippen molar-refractivity contribution in [1.29, 1.82) is 0 Å². The van der Waals surface area contributed by atoms with Crippen molar-refractivity contribution in [3.8, 4) is 16.9 Å². The zero-order valence-electron chi connectivity index (χ0n) is 19.8. The van der Waals surface area contributed by atoms with E-state index in [1.165, 1.54) is 18.2 Å². The quantitative estimate of drug-likeness (QED) is 0.423. The molecule has 0 spiro atoms. The molecule has 1 aliphatic rings. The van der Waals surface area contributed by atoms with E-state index in [1.807, 2.05) is 25.1 Å². The van der Waals surface area contributed by atoms with Crippen molar-refractivity contribution in [3.63, 3.8) is 0 Å². The van der Waals surface area contributed by atoms with Crippen molar-refractivity contribution in [1.82, 2.24) is 0 Å². The second kappa shape index (κ2) is 10.6. The van der Waals surface area contributed by atoms with E-state index in [0.717, 1.165) is 18.2 Å². The first-order chi connectivity index (χ1) is 16.9. The molecule has 1 aliphatic heterocycles. The zero-order valence-corrected chi connectivity index (χ0v) is 19.8. The van der Waals surface area contributed by atoms with Crippen LogP contribution in [-0.4, -0.2) is 48.2 Å². The number of aliphatic hydroxyl groups is 1. The van der Waals surface area contributed by atoms with Crippen LogP contribution in [0.4, 0.5) is 4.39 Å². The molecule has 3 aromatic carbocycles. The fourth-order valence-corrected chi connectivity index (χ4v) is 4.71. The summed E-state index contributed by atoms with van der Waals surface area (Å²) in [5.74, 6) is -0.969. The second-order valence-corrected chi connectivity index (χ2v) is 8.75. The Kier molecular flexibility index (Phi) is 7.50. The molecule has 7 heteroatoms. The summed E-state index contributed by atoms with van der Waals surface area (Å²) < 4.78 is 30.8. The van der Waals surface area contributed by atoms with Gasteiger partial charge in [-0.3, -0.25) is 0 Å². The molecule has 4 rings (SSSR count). The van der Waals surface area contributed by atoms with Gasteiger partial charge < -0.3 is 24.4 Å². The van der Waals surface area contributed by atoms with Crippen molar-refractivity contribution in [2.75, 3.05) is 20.3 Å². The highest BCUT2D eigenvalue weighted by atomic mass is 19.1. The Balaban J connectivity index is 1.64. The minimum atomic E-state index is -1.15. The van der Waals surface area contributed by atoms with E-state index < -0.39 is 18.4 Å². The number of hydrogen-bond donors (Lipinski definition) is 2. The van der Waals surface area contributed by atoms with Crippen molar-refractivity contribution < 1.29 is 33.6 Å². The lowest BCUT2D eigenvalue weighted by Gasteiger charge is -2.36. The average molecular weight is 481 g/mol. The predicted octanol–water partition coefficient (Wildman–Crippen LogP) is 5.36. The van der Waals surface area contributed by atoms with Gasteiger partial charge in [-0.15, -0.1) is 0 Å². The fraction of sp³-hybridized carbons (Fsp3) is 0.321. The van der Waals surface area contributed by atoms with Crippen LogP contribution < -0.4 is 4.74 Å². The number of methoxy groups -OCH3 is 1. The largest absolute Gasteiger partial charge is 0.490 e. The molecule has 0 bridgehead atoms. The molecule has 1 fully saturated rings. The Bertz CT molecular complexity index is 1240. The van der Waals surface area contributed by atoms with Crippen molar-refractivity contribution in [2.45, 2.75) is 38.1 Å². The summed E-state index contributed by atoms with van der Waals surface area (Å²) in [4.78, 5) is 12.0. The van der Waals surface area contributed by atoms with E-state index in [1.54, 1.807) is 31.4 Å². The first-order valence-corrected chi connectivity index (χ1v) is 11.5. The van der Waals surface area contributed by atoms with Gasteiger partial charge in [0.15, 0.2) is 0 Å². The van der Waals surface area contributed by atoms with E-state index >= 15 is 0 Å². The number of ether oxygens (including phenoxy) is 3. The maximum Gasteiger partial charge on any atom is 0.336 e. The smallest absolute Gasteiger partial charge is 0.336 e. The van der Waals surface area contributed by atoms with Crippen LogP contribution in [0.3, 0.4) is 0 Å². The average Bonchev–Trinajstić information content (AvgIpc) is 2.86. The first kappa shape index (κ1) is 24.9. The fourth-order valence-electron chi connectivity index (χ4n) is 4.71. The lowest BCUT2D eigenvalue weighted by molar-refractivity contribution is -0.0909. The Morgan fingerprint density at radius 1 is 1.23 bits per heavy atom. The summed E-state index contributed by atoms with van der Waals surface area (Å²) in [5, 5.41) is 21.2. The maximum absolute atomic E-state index is 13.5. The Morgan fingerprint density at radius 2 is 2.00 bits per heavy atom. The third kappa shape index (κ3) is 5.37. The molecule has 0 aliphatic carbocycles. The van der Waals surface area contributed by atoms with Crippen LogP contribution in [0.2, 0.25) is 0 Å². The molecule has 35 heavy (non-hydrogen) atoms. The number of benzene rings is 3. The number of fused-ring (bicyclic) bond motifs is 1. The summed E-state index contributed by atoms with van der Waals surface area (Å²) in [6, 6.07) is 12.7. The molecule has 1 saturated heterocycles. The SMILES string of the molecule is COC1(/C=C/COc2ccc3c(-c4ccc(F)cc4)c(CO)c(C(=O)O)cc3c2)CCOC(C)C1. The minimum Gasteiger partial charge on any atom is -0.490 e. The number of halogens is 1. The number of carboxylic acids is 1. The molecule has 0 aromatic heterocycles. The monoisotopic (exact) mass is 480 g/mol. The normalized spacial score (nSPS) is 20.4. The van der Waals surface area contributed by atoms with E-state index in [4.69, 9.17) is 14.2 Å². The van der Waals surface area contributed by atoms with Gasteiger partial charge in [-0.05, 0) is 65.2 Å². The van der Waals surface area contributed by atoms with Crippen LogP contribution >= 0.6 is 0 Å². The molecule has 0 saturated carbocycles. The van der Waals surface area contributed by atoms with Gasteiger partial charge in [0, 0.05) is 32.1 Å². The van der Waals surface area contributed by atoms with E-state index in [2.05, 4.69) is 0 Å². The summed E-state index contributed by atoms with van der Waals surface area (Å²) in [6.07, 6.45) is 5.62. The van der Waals surface area contributed by atoms with Gasteiger partial charge in [-0.2, -0.15) is 0 Å². The van der Waals surface area contributed by atoms with Crippen LogP contribution in [-0.2, 0) is 16.1 Å². The minimum absolute atomic E-state index is 0.00737. The number of aromatic carboxylic acids is 1. The highest BCUT2D eigenvalue weighted by molar-refractivity contribution is 6.05. The Hall–Kier alpha value is -3.26. The summed E-state index contributed by atoms with van der Waals surface area (Å²) in [6.45, 7) is 2.53. The number of rotatable bonds is 8. The van der Waals surface area contributed by atoms with E-state index in [9.17, 15) is 19.4 Å². The number of carboxylic acid groups (broad SMARTS) is 1. The second-order valence-electron chi connectivity index (χ2n) is 8.75. The molecule has 3 aromatic rings. The molecule has 184 valence electrons. The zero-order chi connectivity index (χ0) is 25.0. The summed E-state index contributed by atoms with van der Waals surface area (Å²) in [5.41, 5.74) is 1.09. The van der Waals surface area contributed by atoms with Gasteiger partial charge in [0.05, 0.1) is 23.9 Å². The predicted molar refractivity (Wildman–Crippen MR) is 131 cm³/mol. The Morgan fingerprint density at radius 3 is 2.66 bits per heavy atom. The van der Waals surface area contributed by atoms with Gasteiger partial charge in [-0.25, -0.2) is 9.18 Å². The molecule has 2 atom stereocenters.